The van der Waals surface area contributed by atoms with E-state index in [2.05, 4.69) is 10.6 Å². The Morgan fingerprint density at radius 1 is 1.13 bits per heavy atom. The predicted molar refractivity (Wildman–Crippen MR) is 86.6 cm³/mol. The standard InChI is InChI=1S/C18H14N2O3/c21-17-14-10-13(6-5-11(14)7-8-19-17)20-18(22)16-9-12-3-1-2-4-15(12)23-16/h1-6,9-10H,7-8H2,(H,19,21)(H,20,22). The molecule has 0 fully saturated rings. The van der Waals surface area contributed by atoms with Crippen molar-refractivity contribution in [3.63, 3.8) is 0 Å². The van der Waals surface area contributed by atoms with Crippen molar-refractivity contribution in [2.75, 3.05) is 11.9 Å². The van der Waals surface area contributed by atoms with Crippen LogP contribution >= 0.6 is 0 Å². The third-order valence-electron chi connectivity index (χ3n) is 3.94. The molecule has 0 saturated heterocycles. The van der Waals surface area contributed by atoms with Crippen molar-refractivity contribution in [3.05, 3.63) is 65.4 Å². The Morgan fingerprint density at radius 2 is 2.00 bits per heavy atom. The molecule has 0 bridgehead atoms. The summed E-state index contributed by atoms with van der Waals surface area (Å²) in [5.74, 6) is -0.197. The smallest absolute Gasteiger partial charge is 0.291 e. The minimum absolute atomic E-state index is 0.105. The van der Waals surface area contributed by atoms with Crippen LogP contribution in [0.5, 0.6) is 0 Å². The summed E-state index contributed by atoms with van der Waals surface area (Å²) in [4.78, 5) is 24.2. The molecule has 1 aliphatic heterocycles. The predicted octanol–water partition coefficient (Wildman–Crippen LogP) is 2.97. The van der Waals surface area contributed by atoms with E-state index in [-0.39, 0.29) is 17.6 Å². The van der Waals surface area contributed by atoms with Crippen LogP contribution in [0.1, 0.15) is 26.5 Å². The van der Waals surface area contributed by atoms with Gasteiger partial charge in [-0.3, -0.25) is 9.59 Å². The molecule has 114 valence electrons. The highest BCUT2D eigenvalue weighted by molar-refractivity contribution is 6.05. The summed E-state index contributed by atoms with van der Waals surface area (Å²) in [5.41, 5.74) is 2.85. The van der Waals surface area contributed by atoms with Crippen LogP contribution < -0.4 is 10.6 Å². The van der Waals surface area contributed by atoms with Gasteiger partial charge in [-0.1, -0.05) is 24.3 Å². The Bertz CT molecular complexity index is 894. The summed E-state index contributed by atoms with van der Waals surface area (Å²) < 4.78 is 5.54. The van der Waals surface area contributed by atoms with Crippen molar-refractivity contribution < 1.29 is 14.0 Å². The average Bonchev–Trinajstić information content (AvgIpc) is 3.00. The highest BCUT2D eigenvalue weighted by atomic mass is 16.3. The van der Waals surface area contributed by atoms with Gasteiger partial charge < -0.3 is 15.1 Å². The Kier molecular flexibility index (Phi) is 3.12. The van der Waals surface area contributed by atoms with E-state index in [9.17, 15) is 9.59 Å². The molecule has 1 aromatic heterocycles. The lowest BCUT2D eigenvalue weighted by atomic mass is 10.00. The number of benzene rings is 2. The largest absolute Gasteiger partial charge is 0.451 e. The van der Waals surface area contributed by atoms with Crippen molar-refractivity contribution in [2.45, 2.75) is 6.42 Å². The monoisotopic (exact) mass is 306 g/mol. The molecule has 4 rings (SSSR count). The van der Waals surface area contributed by atoms with Gasteiger partial charge in [-0.25, -0.2) is 0 Å². The van der Waals surface area contributed by atoms with Crippen molar-refractivity contribution in [1.29, 1.82) is 0 Å². The van der Waals surface area contributed by atoms with Crippen LogP contribution in [0, 0.1) is 0 Å². The average molecular weight is 306 g/mol. The van der Waals surface area contributed by atoms with Gasteiger partial charge in [0.05, 0.1) is 0 Å². The van der Waals surface area contributed by atoms with Crippen LogP contribution in [0.15, 0.2) is 52.9 Å². The first-order valence-electron chi connectivity index (χ1n) is 7.42. The Balaban J connectivity index is 1.61. The van der Waals surface area contributed by atoms with E-state index in [0.29, 0.717) is 23.4 Å². The molecule has 3 aromatic rings. The Morgan fingerprint density at radius 3 is 2.87 bits per heavy atom. The number of carbonyl (C=O) groups excluding carboxylic acids is 2. The number of fused-ring (bicyclic) bond motifs is 2. The number of nitrogens with one attached hydrogen (secondary N) is 2. The topological polar surface area (TPSA) is 71.3 Å². The lowest BCUT2D eigenvalue weighted by Crippen LogP contribution is -2.31. The van der Waals surface area contributed by atoms with Gasteiger partial charge in [0.1, 0.15) is 5.58 Å². The molecule has 0 saturated carbocycles. The molecular weight excluding hydrogens is 292 g/mol. The molecule has 0 radical (unpaired) electrons. The fourth-order valence-electron chi connectivity index (χ4n) is 2.78. The molecule has 2 amide bonds. The Labute approximate surface area is 132 Å². The molecule has 2 heterocycles. The number of rotatable bonds is 2. The maximum absolute atomic E-state index is 12.3. The summed E-state index contributed by atoms with van der Waals surface area (Å²) in [6.07, 6.45) is 0.804. The van der Waals surface area contributed by atoms with Crippen LogP contribution in [0.25, 0.3) is 11.0 Å². The SMILES string of the molecule is O=C(Nc1ccc2c(c1)C(=O)NCC2)c1cc2ccccc2o1. The van der Waals surface area contributed by atoms with Crippen LogP contribution in [-0.4, -0.2) is 18.4 Å². The van der Waals surface area contributed by atoms with E-state index in [0.717, 1.165) is 17.4 Å². The summed E-state index contributed by atoms with van der Waals surface area (Å²) in [6.45, 7) is 0.649. The summed E-state index contributed by atoms with van der Waals surface area (Å²) in [7, 11) is 0. The first-order valence-corrected chi connectivity index (χ1v) is 7.42. The van der Waals surface area contributed by atoms with Gasteiger partial charge in [-0.2, -0.15) is 0 Å². The normalized spacial score (nSPS) is 13.5. The van der Waals surface area contributed by atoms with Gasteiger partial charge in [-0.15, -0.1) is 0 Å². The minimum atomic E-state index is -0.336. The first kappa shape index (κ1) is 13.6. The number of carbonyl (C=O) groups is 2. The van der Waals surface area contributed by atoms with Crippen molar-refractivity contribution in [1.82, 2.24) is 5.32 Å². The first-order chi connectivity index (χ1) is 11.2. The lowest BCUT2D eigenvalue weighted by Gasteiger charge is -2.17. The van der Waals surface area contributed by atoms with Gasteiger partial charge in [-0.05, 0) is 36.2 Å². The number of para-hydroxylation sites is 1. The molecular formula is C18H14N2O3. The fourth-order valence-corrected chi connectivity index (χ4v) is 2.78. The van der Waals surface area contributed by atoms with E-state index < -0.39 is 0 Å². The van der Waals surface area contributed by atoms with Gasteiger partial charge in [0.25, 0.3) is 11.8 Å². The summed E-state index contributed by atoms with van der Waals surface area (Å²) in [6, 6.07) is 14.5. The van der Waals surface area contributed by atoms with Crippen molar-refractivity contribution in [2.24, 2.45) is 0 Å². The van der Waals surface area contributed by atoms with E-state index in [1.165, 1.54) is 0 Å². The minimum Gasteiger partial charge on any atom is -0.451 e. The van der Waals surface area contributed by atoms with Crippen LogP contribution in [-0.2, 0) is 6.42 Å². The number of anilines is 1. The molecule has 5 nitrogen and oxygen atoms in total. The second-order valence-corrected chi connectivity index (χ2v) is 5.48. The number of amides is 2. The maximum Gasteiger partial charge on any atom is 0.291 e. The highest BCUT2D eigenvalue weighted by Crippen LogP contribution is 2.22. The Hall–Kier alpha value is -3.08. The molecule has 0 atom stereocenters. The third-order valence-corrected chi connectivity index (χ3v) is 3.94. The number of furan rings is 1. The van der Waals surface area contributed by atoms with Crippen LogP contribution in [0.3, 0.4) is 0 Å². The molecule has 0 unspecified atom stereocenters. The van der Waals surface area contributed by atoms with Gasteiger partial charge in [0.2, 0.25) is 0 Å². The molecule has 2 N–H and O–H groups in total. The van der Waals surface area contributed by atoms with Crippen molar-refractivity contribution in [3.8, 4) is 0 Å². The number of hydrogen-bond donors (Lipinski definition) is 2. The second kappa shape index (κ2) is 5.28. The summed E-state index contributed by atoms with van der Waals surface area (Å²) in [5, 5.41) is 6.45. The van der Waals surface area contributed by atoms with Crippen molar-refractivity contribution >= 4 is 28.5 Å². The van der Waals surface area contributed by atoms with Gasteiger partial charge in [0, 0.05) is 23.2 Å². The van der Waals surface area contributed by atoms with E-state index >= 15 is 0 Å². The summed E-state index contributed by atoms with van der Waals surface area (Å²) >= 11 is 0. The quantitative estimate of drug-likeness (QED) is 0.764. The molecule has 0 spiro atoms. The van der Waals surface area contributed by atoms with E-state index in [4.69, 9.17) is 4.42 Å². The zero-order valence-electron chi connectivity index (χ0n) is 12.3. The molecule has 2 aromatic carbocycles. The maximum atomic E-state index is 12.3. The fraction of sp³-hybridized carbons (Fsp3) is 0.111. The van der Waals surface area contributed by atoms with E-state index in [1.807, 2.05) is 30.3 Å². The molecule has 23 heavy (non-hydrogen) atoms. The second-order valence-electron chi connectivity index (χ2n) is 5.48. The lowest BCUT2D eigenvalue weighted by molar-refractivity contribution is 0.0944. The number of hydrogen-bond acceptors (Lipinski definition) is 3. The van der Waals surface area contributed by atoms with Gasteiger partial charge >= 0.3 is 0 Å². The third kappa shape index (κ3) is 2.46. The zero-order chi connectivity index (χ0) is 15.8. The molecule has 0 aliphatic carbocycles. The van der Waals surface area contributed by atoms with Gasteiger partial charge in [0.15, 0.2) is 5.76 Å². The van der Waals surface area contributed by atoms with Crippen LogP contribution in [0.4, 0.5) is 5.69 Å². The molecule has 1 aliphatic rings. The molecule has 5 heteroatoms. The zero-order valence-corrected chi connectivity index (χ0v) is 12.3. The van der Waals surface area contributed by atoms with Crippen LogP contribution in [0.2, 0.25) is 0 Å². The van der Waals surface area contributed by atoms with E-state index in [1.54, 1.807) is 18.2 Å². The highest BCUT2D eigenvalue weighted by Gasteiger charge is 2.18.